The monoisotopic (exact) mass is 407 g/mol. The molecule has 2 N–H and O–H groups in total. The standard InChI is InChI=1S/C23H26FN5O/c1-28(14-7-10-18-16-21(26-25-18)17-8-3-2-4-9-17)23(30)20-13-15-29(27-20)22-12-6-5-11-19(22)24/h2-6,8-9,11-13,15,18,21,25-26H,7,10,14,16H2,1H3. The van der Waals surface area contributed by atoms with Gasteiger partial charge in [0.2, 0.25) is 0 Å². The zero-order chi connectivity index (χ0) is 20.9. The lowest BCUT2D eigenvalue weighted by Gasteiger charge is -2.17. The number of nitrogens with zero attached hydrogens (tertiary/aromatic N) is 3. The second-order valence-corrected chi connectivity index (χ2v) is 7.65. The number of amides is 1. The fraction of sp³-hybridized carbons (Fsp3) is 0.304. The van der Waals surface area contributed by atoms with Crippen molar-refractivity contribution in [1.82, 2.24) is 25.5 Å². The van der Waals surface area contributed by atoms with Gasteiger partial charge in [-0.15, -0.1) is 0 Å². The summed E-state index contributed by atoms with van der Waals surface area (Å²) >= 11 is 0. The number of carbonyl (C=O) groups excluding carboxylic acids is 1. The summed E-state index contributed by atoms with van der Waals surface area (Å²) in [7, 11) is 1.78. The van der Waals surface area contributed by atoms with Crippen molar-refractivity contribution in [3.63, 3.8) is 0 Å². The highest BCUT2D eigenvalue weighted by atomic mass is 19.1. The van der Waals surface area contributed by atoms with Gasteiger partial charge in [-0.05, 0) is 43.0 Å². The molecule has 0 radical (unpaired) electrons. The van der Waals surface area contributed by atoms with Crippen LogP contribution in [0.5, 0.6) is 0 Å². The molecule has 2 aromatic carbocycles. The van der Waals surface area contributed by atoms with E-state index in [1.165, 1.54) is 16.3 Å². The zero-order valence-corrected chi connectivity index (χ0v) is 17.0. The van der Waals surface area contributed by atoms with Crippen molar-refractivity contribution in [1.29, 1.82) is 0 Å². The molecule has 1 fully saturated rings. The Labute approximate surface area is 175 Å². The van der Waals surface area contributed by atoms with Crippen LogP contribution < -0.4 is 10.9 Å². The average Bonchev–Trinajstić information content (AvgIpc) is 3.44. The van der Waals surface area contributed by atoms with Gasteiger partial charge in [0.25, 0.3) is 5.91 Å². The largest absolute Gasteiger partial charge is 0.340 e. The molecule has 0 bridgehead atoms. The van der Waals surface area contributed by atoms with Crippen LogP contribution >= 0.6 is 0 Å². The molecule has 30 heavy (non-hydrogen) atoms. The van der Waals surface area contributed by atoms with Gasteiger partial charge < -0.3 is 4.90 Å². The highest BCUT2D eigenvalue weighted by Gasteiger charge is 2.24. The van der Waals surface area contributed by atoms with Crippen molar-refractivity contribution in [2.75, 3.05) is 13.6 Å². The van der Waals surface area contributed by atoms with E-state index in [2.05, 4.69) is 40.2 Å². The van der Waals surface area contributed by atoms with Crippen molar-refractivity contribution in [3.05, 3.63) is 83.9 Å². The summed E-state index contributed by atoms with van der Waals surface area (Å²) < 4.78 is 15.3. The fourth-order valence-electron chi connectivity index (χ4n) is 3.80. The Bertz CT molecular complexity index is 990. The SMILES string of the molecule is CN(CCCC1CC(c2ccccc2)NN1)C(=O)c1ccn(-c2ccccc2F)n1. The van der Waals surface area contributed by atoms with E-state index in [1.807, 2.05) is 6.07 Å². The topological polar surface area (TPSA) is 62.2 Å². The van der Waals surface area contributed by atoms with E-state index in [4.69, 9.17) is 0 Å². The maximum atomic E-state index is 13.9. The van der Waals surface area contributed by atoms with Gasteiger partial charge in [-0.1, -0.05) is 42.5 Å². The quantitative estimate of drug-likeness (QED) is 0.630. The predicted octanol–water partition coefficient (Wildman–Crippen LogP) is 3.47. The van der Waals surface area contributed by atoms with Crippen molar-refractivity contribution < 1.29 is 9.18 Å². The van der Waals surface area contributed by atoms with Crippen LogP contribution in [0.25, 0.3) is 5.69 Å². The number of carbonyl (C=O) groups is 1. The molecule has 1 aliphatic rings. The fourth-order valence-corrected chi connectivity index (χ4v) is 3.80. The Hall–Kier alpha value is -3.03. The normalized spacial score (nSPS) is 18.5. The van der Waals surface area contributed by atoms with Crippen LogP contribution in [-0.4, -0.2) is 40.2 Å². The number of aromatic nitrogens is 2. The molecule has 0 saturated carbocycles. The number of nitrogens with one attached hydrogen (secondary N) is 2. The van der Waals surface area contributed by atoms with E-state index in [1.54, 1.807) is 42.4 Å². The second-order valence-electron chi connectivity index (χ2n) is 7.65. The van der Waals surface area contributed by atoms with Gasteiger partial charge in [-0.25, -0.2) is 9.07 Å². The molecule has 2 heterocycles. The van der Waals surface area contributed by atoms with Crippen molar-refractivity contribution >= 4 is 5.91 Å². The second kappa shape index (κ2) is 9.19. The molecule has 0 spiro atoms. The first-order chi connectivity index (χ1) is 14.6. The van der Waals surface area contributed by atoms with Crippen molar-refractivity contribution in [2.45, 2.75) is 31.3 Å². The molecule has 1 aliphatic heterocycles. The molecule has 156 valence electrons. The molecule has 1 saturated heterocycles. The van der Waals surface area contributed by atoms with Gasteiger partial charge in [0.1, 0.15) is 11.5 Å². The van der Waals surface area contributed by atoms with Gasteiger partial charge in [0.15, 0.2) is 5.69 Å². The molecule has 0 aliphatic carbocycles. The summed E-state index contributed by atoms with van der Waals surface area (Å²) in [5.74, 6) is -0.538. The van der Waals surface area contributed by atoms with Crippen LogP contribution in [0.2, 0.25) is 0 Å². The predicted molar refractivity (Wildman–Crippen MR) is 114 cm³/mol. The van der Waals surface area contributed by atoms with Crippen LogP contribution in [0.4, 0.5) is 4.39 Å². The van der Waals surface area contributed by atoms with Crippen molar-refractivity contribution in [2.24, 2.45) is 0 Å². The Kier molecular flexibility index (Phi) is 6.21. The highest BCUT2D eigenvalue weighted by Crippen LogP contribution is 2.23. The number of hydrogen-bond acceptors (Lipinski definition) is 4. The summed E-state index contributed by atoms with van der Waals surface area (Å²) in [6, 6.07) is 19.1. The number of hydrogen-bond donors (Lipinski definition) is 2. The summed E-state index contributed by atoms with van der Waals surface area (Å²) in [5, 5.41) is 4.25. The minimum absolute atomic E-state index is 0.162. The summed E-state index contributed by atoms with van der Waals surface area (Å²) in [6.45, 7) is 0.638. The maximum Gasteiger partial charge on any atom is 0.274 e. The van der Waals surface area contributed by atoms with Gasteiger partial charge >= 0.3 is 0 Å². The Morgan fingerprint density at radius 1 is 1.13 bits per heavy atom. The first kappa shape index (κ1) is 20.3. The van der Waals surface area contributed by atoms with Crippen LogP contribution in [-0.2, 0) is 0 Å². The Morgan fingerprint density at radius 2 is 1.90 bits per heavy atom. The van der Waals surface area contributed by atoms with Crippen LogP contribution in [0.3, 0.4) is 0 Å². The number of para-hydroxylation sites is 1. The van der Waals surface area contributed by atoms with Crippen molar-refractivity contribution in [3.8, 4) is 5.69 Å². The van der Waals surface area contributed by atoms with Gasteiger partial charge in [-0.2, -0.15) is 5.10 Å². The highest BCUT2D eigenvalue weighted by molar-refractivity contribution is 5.92. The lowest BCUT2D eigenvalue weighted by Crippen LogP contribution is -2.32. The van der Waals surface area contributed by atoms with E-state index in [9.17, 15) is 9.18 Å². The molecule has 4 rings (SSSR count). The third-order valence-corrected chi connectivity index (χ3v) is 5.48. The smallest absolute Gasteiger partial charge is 0.274 e. The van der Waals surface area contributed by atoms with Crippen LogP contribution in [0.1, 0.15) is 41.4 Å². The molecule has 2 atom stereocenters. The lowest BCUT2D eigenvalue weighted by atomic mass is 10.00. The molecule has 7 heteroatoms. The number of hydrazine groups is 1. The third kappa shape index (κ3) is 4.58. The number of benzene rings is 2. The minimum atomic E-state index is -0.376. The third-order valence-electron chi connectivity index (χ3n) is 5.48. The molecular formula is C23H26FN5O. The first-order valence-corrected chi connectivity index (χ1v) is 10.2. The minimum Gasteiger partial charge on any atom is -0.340 e. The Balaban J connectivity index is 1.26. The van der Waals surface area contributed by atoms with E-state index in [0.717, 1.165) is 19.3 Å². The van der Waals surface area contributed by atoms with E-state index in [-0.39, 0.29) is 11.7 Å². The lowest BCUT2D eigenvalue weighted by molar-refractivity contribution is 0.0785. The summed E-state index contributed by atoms with van der Waals surface area (Å²) in [6.07, 6.45) is 4.49. The van der Waals surface area contributed by atoms with E-state index < -0.39 is 0 Å². The molecule has 2 unspecified atom stereocenters. The first-order valence-electron chi connectivity index (χ1n) is 10.2. The van der Waals surface area contributed by atoms with Gasteiger partial charge in [0, 0.05) is 31.9 Å². The Morgan fingerprint density at radius 3 is 2.70 bits per heavy atom. The molecule has 3 aromatic rings. The van der Waals surface area contributed by atoms with Crippen LogP contribution in [0, 0.1) is 5.82 Å². The van der Waals surface area contributed by atoms with E-state index >= 15 is 0 Å². The van der Waals surface area contributed by atoms with Gasteiger partial charge in [-0.3, -0.25) is 15.6 Å². The maximum absolute atomic E-state index is 13.9. The van der Waals surface area contributed by atoms with Crippen LogP contribution in [0.15, 0.2) is 66.9 Å². The zero-order valence-electron chi connectivity index (χ0n) is 17.0. The molecule has 1 amide bonds. The average molecular weight is 407 g/mol. The van der Waals surface area contributed by atoms with E-state index in [0.29, 0.717) is 30.0 Å². The molecule has 1 aromatic heterocycles. The number of halogens is 1. The number of rotatable bonds is 7. The summed E-state index contributed by atoms with van der Waals surface area (Å²) in [4.78, 5) is 14.3. The van der Waals surface area contributed by atoms with Gasteiger partial charge in [0.05, 0.1) is 0 Å². The summed E-state index contributed by atoms with van der Waals surface area (Å²) in [5.41, 5.74) is 8.64. The molecular weight excluding hydrogens is 381 g/mol. The molecule has 6 nitrogen and oxygen atoms in total.